The summed E-state index contributed by atoms with van der Waals surface area (Å²) in [6.07, 6.45) is 2.89. The maximum Gasteiger partial charge on any atom is 0.243 e. The lowest BCUT2D eigenvalue weighted by molar-refractivity contribution is -0.0538. The molecule has 0 amide bonds. The van der Waals surface area contributed by atoms with Gasteiger partial charge in [-0.15, -0.1) is 0 Å². The molecule has 1 aromatic heterocycles. The van der Waals surface area contributed by atoms with Crippen LogP contribution < -0.4 is 0 Å². The number of nitrogens with zero attached hydrogens (tertiary/aromatic N) is 3. The number of fused-ring (bicyclic) bond motifs is 3. The number of rotatable bonds is 3. The van der Waals surface area contributed by atoms with E-state index in [1.54, 1.807) is 30.5 Å². The van der Waals surface area contributed by atoms with Crippen LogP contribution in [0.5, 0.6) is 0 Å². The summed E-state index contributed by atoms with van der Waals surface area (Å²) in [6, 6.07) is 10.6. The Kier molecular flexibility index (Phi) is 4.68. The van der Waals surface area contributed by atoms with Crippen molar-refractivity contribution in [2.24, 2.45) is 5.92 Å². The minimum absolute atomic E-state index is 0.181. The number of hydrogen-bond acceptors (Lipinski definition) is 5. The van der Waals surface area contributed by atoms with E-state index < -0.39 is 22.2 Å². The molecular formula is C19H18ClN3O3S. The van der Waals surface area contributed by atoms with Gasteiger partial charge in [0.1, 0.15) is 11.8 Å². The normalized spacial score (nSPS) is 28.0. The standard InChI is InChI=1S/C19H18ClN3O3S/c20-13-2-6-16(7-3-13)27(25,26)23-15-5-8-17(18(24)9-15)19(23)12-1-4-14(10-21)22-11-12/h1-4,6-7,11,15,17-19,24H,5,8-9H2/t15-,17+,18+,19+/m0/s1. The molecule has 27 heavy (non-hydrogen) atoms. The van der Waals surface area contributed by atoms with Crippen molar-refractivity contribution in [3.63, 3.8) is 0 Å². The minimum atomic E-state index is -3.78. The van der Waals surface area contributed by atoms with Gasteiger partial charge in [-0.2, -0.15) is 9.57 Å². The molecule has 6 nitrogen and oxygen atoms in total. The molecule has 1 aromatic carbocycles. The Bertz CT molecular complexity index is 986. The van der Waals surface area contributed by atoms with E-state index >= 15 is 0 Å². The SMILES string of the molecule is N#Cc1ccc([C@@H]2[C@@H]3CC[C@@H](C[C@H]3O)N2S(=O)(=O)c2ccc(Cl)cc2)cn1. The van der Waals surface area contributed by atoms with Crippen molar-refractivity contribution in [3.05, 3.63) is 58.9 Å². The van der Waals surface area contributed by atoms with Gasteiger partial charge in [-0.3, -0.25) is 0 Å². The Morgan fingerprint density at radius 3 is 2.52 bits per heavy atom. The first-order valence-corrected chi connectivity index (χ1v) is 10.6. The molecule has 140 valence electrons. The van der Waals surface area contributed by atoms with E-state index in [0.29, 0.717) is 17.0 Å². The minimum Gasteiger partial charge on any atom is -0.393 e. The van der Waals surface area contributed by atoms with Crippen LogP contribution >= 0.6 is 11.6 Å². The molecule has 2 bridgehead atoms. The molecule has 3 aliphatic rings. The molecule has 4 atom stereocenters. The number of pyridine rings is 1. The summed E-state index contributed by atoms with van der Waals surface area (Å²) in [4.78, 5) is 4.28. The lowest BCUT2D eigenvalue weighted by Gasteiger charge is -2.52. The van der Waals surface area contributed by atoms with Gasteiger partial charge in [-0.05, 0) is 55.2 Å². The number of aliphatic hydroxyl groups excluding tert-OH is 1. The summed E-state index contributed by atoms with van der Waals surface area (Å²) in [5.74, 6) is -0.202. The van der Waals surface area contributed by atoms with Crippen LogP contribution in [-0.4, -0.2) is 35.0 Å². The summed E-state index contributed by atoms with van der Waals surface area (Å²) in [7, 11) is -3.78. The molecule has 1 saturated carbocycles. The van der Waals surface area contributed by atoms with Crippen LogP contribution in [0.25, 0.3) is 0 Å². The highest BCUT2D eigenvalue weighted by atomic mass is 35.5. The monoisotopic (exact) mass is 403 g/mol. The first kappa shape index (κ1) is 18.4. The number of aromatic nitrogens is 1. The Morgan fingerprint density at radius 2 is 1.93 bits per heavy atom. The molecule has 2 aliphatic heterocycles. The first-order valence-electron chi connectivity index (χ1n) is 8.75. The van der Waals surface area contributed by atoms with Crippen molar-refractivity contribution in [2.75, 3.05) is 0 Å². The van der Waals surface area contributed by atoms with Crippen LogP contribution in [0, 0.1) is 17.2 Å². The van der Waals surface area contributed by atoms with E-state index in [0.717, 1.165) is 12.8 Å². The molecule has 0 spiro atoms. The molecule has 2 saturated heterocycles. The summed E-state index contributed by atoms with van der Waals surface area (Å²) in [5, 5.41) is 19.9. The van der Waals surface area contributed by atoms with Gasteiger partial charge in [0, 0.05) is 23.2 Å². The number of halogens is 1. The van der Waals surface area contributed by atoms with Crippen molar-refractivity contribution in [2.45, 2.75) is 42.3 Å². The van der Waals surface area contributed by atoms with E-state index in [2.05, 4.69) is 4.98 Å². The summed E-state index contributed by atoms with van der Waals surface area (Å²) in [5.41, 5.74) is 0.965. The highest BCUT2D eigenvalue weighted by Crippen LogP contribution is 2.49. The third kappa shape index (κ3) is 3.13. The van der Waals surface area contributed by atoms with Crippen molar-refractivity contribution in [3.8, 4) is 6.07 Å². The van der Waals surface area contributed by atoms with E-state index in [4.69, 9.17) is 16.9 Å². The quantitative estimate of drug-likeness (QED) is 0.850. The van der Waals surface area contributed by atoms with E-state index in [1.807, 2.05) is 6.07 Å². The zero-order valence-electron chi connectivity index (χ0n) is 14.4. The molecule has 3 fully saturated rings. The fourth-order valence-corrected chi connectivity index (χ4v) is 6.29. The number of hydrogen-bond donors (Lipinski definition) is 1. The van der Waals surface area contributed by atoms with Gasteiger partial charge in [0.25, 0.3) is 0 Å². The fourth-order valence-electron chi connectivity index (χ4n) is 4.28. The van der Waals surface area contributed by atoms with Gasteiger partial charge in [0.05, 0.1) is 17.0 Å². The van der Waals surface area contributed by atoms with E-state index in [-0.39, 0.29) is 22.5 Å². The largest absolute Gasteiger partial charge is 0.393 e. The van der Waals surface area contributed by atoms with E-state index in [9.17, 15) is 13.5 Å². The maximum absolute atomic E-state index is 13.4. The average Bonchev–Trinajstić information content (AvgIpc) is 2.68. The topological polar surface area (TPSA) is 94.3 Å². The first-order chi connectivity index (χ1) is 12.9. The summed E-state index contributed by atoms with van der Waals surface area (Å²) >= 11 is 5.91. The highest BCUT2D eigenvalue weighted by molar-refractivity contribution is 7.89. The predicted octanol–water partition coefficient (Wildman–Crippen LogP) is 2.88. The molecule has 0 radical (unpaired) electrons. The van der Waals surface area contributed by atoms with Gasteiger partial charge in [0.15, 0.2) is 0 Å². The Labute approximate surface area is 163 Å². The van der Waals surface area contributed by atoms with Gasteiger partial charge in [0.2, 0.25) is 10.0 Å². The summed E-state index contributed by atoms with van der Waals surface area (Å²) in [6.45, 7) is 0. The number of benzene rings is 1. The van der Waals surface area contributed by atoms with Gasteiger partial charge in [-0.1, -0.05) is 17.7 Å². The van der Waals surface area contributed by atoms with Gasteiger partial charge < -0.3 is 5.11 Å². The Morgan fingerprint density at radius 1 is 1.19 bits per heavy atom. The molecular weight excluding hydrogens is 386 g/mol. The van der Waals surface area contributed by atoms with Crippen LogP contribution in [0.3, 0.4) is 0 Å². The van der Waals surface area contributed by atoms with Crippen LogP contribution in [0.15, 0.2) is 47.5 Å². The van der Waals surface area contributed by atoms with Gasteiger partial charge in [-0.25, -0.2) is 13.4 Å². The number of piperidine rings is 2. The van der Waals surface area contributed by atoms with Crippen LogP contribution in [-0.2, 0) is 10.0 Å². The fraction of sp³-hybridized carbons (Fsp3) is 0.368. The third-order valence-electron chi connectivity index (χ3n) is 5.51. The van der Waals surface area contributed by atoms with Crippen molar-refractivity contribution < 1.29 is 13.5 Å². The van der Waals surface area contributed by atoms with Crippen LogP contribution in [0.4, 0.5) is 0 Å². The molecule has 8 heteroatoms. The maximum atomic E-state index is 13.4. The lowest BCUT2D eigenvalue weighted by atomic mass is 9.72. The second-order valence-corrected chi connectivity index (χ2v) is 9.30. The molecule has 3 heterocycles. The second kappa shape index (κ2) is 6.88. The average molecular weight is 404 g/mol. The lowest BCUT2D eigenvalue weighted by Crippen LogP contribution is -2.57. The van der Waals surface area contributed by atoms with Crippen molar-refractivity contribution in [1.29, 1.82) is 5.26 Å². The highest BCUT2D eigenvalue weighted by Gasteiger charge is 2.52. The summed E-state index contributed by atoms with van der Waals surface area (Å²) < 4.78 is 28.4. The number of aliphatic hydroxyl groups is 1. The van der Waals surface area contributed by atoms with Crippen molar-refractivity contribution >= 4 is 21.6 Å². The zero-order chi connectivity index (χ0) is 19.2. The molecule has 1 aliphatic carbocycles. The third-order valence-corrected chi connectivity index (χ3v) is 7.71. The number of sulfonamides is 1. The van der Waals surface area contributed by atoms with E-state index in [1.165, 1.54) is 16.4 Å². The molecule has 0 unspecified atom stereocenters. The van der Waals surface area contributed by atoms with Crippen LogP contribution in [0.2, 0.25) is 5.02 Å². The number of nitriles is 1. The molecule has 5 rings (SSSR count). The zero-order valence-corrected chi connectivity index (χ0v) is 15.9. The predicted molar refractivity (Wildman–Crippen MR) is 99.3 cm³/mol. The smallest absolute Gasteiger partial charge is 0.243 e. The Balaban J connectivity index is 1.80. The van der Waals surface area contributed by atoms with Gasteiger partial charge >= 0.3 is 0 Å². The van der Waals surface area contributed by atoms with Crippen molar-refractivity contribution in [1.82, 2.24) is 9.29 Å². The molecule has 1 N–H and O–H groups in total. The van der Waals surface area contributed by atoms with Crippen LogP contribution in [0.1, 0.15) is 36.6 Å². The second-order valence-electron chi connectivity index (χ2n) is 7.02. The molecule has 2 aromatic rings. The Hall–Kier alpha value is -1.98.